The first-order valence-corrected chi connectivity index (χ1v) is 4.89. The number of halogens is 1. The van der Waals surface area contributed by atoms with Crippen LogP contribution < -0.4 is 0 Å². The van der Waals surface area contributed by atoms with E-state index in [2.05, 4.69) is 10.2 Å². The highest BCUT2D eigenvalue weighted by Crippen LogP contribution is 2.12. The molecular weight excluding hydrogens is 196 g/mol. The average Bonchev–Trinajstić information content (AvgIpc) is 2.36. The quantitative estimate of drug-likeness (QED) is 0.703. The molecule has 1 aromatic rings. The first-order chi connectivity index (χ1) is 5.72. The second kappa shape index (κ2) is 4.74. The Balaban J connectivity index is 2.41. The monoisotopic (exact) mass is 206 g/mol. The molecule has 0 radical (unpaired) electrons. The number of methoxy groups -OCH3 is 1. The van der Waals surface area contributed by atoms with Crippen LogP contribution in [-0.4, -0.2) is 29.3 Å². The average molecular weight is 207 g/mol. The molecule has 0 aliphatic heterocycles. The van der Waals surface area contributed by atoms with Gasteiger partial charge in [-0.05, 0) is 6.92 Å². The summed E-state index contributed by atoms with van der Waals surface area (Å²) in [6.07, 6.45) is 0.737. The maximum Gasteiger partial charge on any atom is 0.119 e. The van der Waals surface area contributed by atoms with E-state index in [9.17, 15) is 0 Å². The Bertz CT molecular complexity index is 241. The third kappa shape index (κ3) is 3.05. The molecule has 0 saturated carbocycles. The lowest BCUT2D eigenvalue weighted by Crippen LogP contribution is -2.10. The molecule has 1 rings (SSSR count). The van der Waals surface area contributed by atoms with Crippen LogP contribution in [0.2, 0.25) is 0 Å². The Kier molecular flexibility index (Phi) is 3.91. The molecule has 1 aromatic heterocycles. The molecule has 0 saturated heterocycles. The minimum Gasteiger partial charge on any atom is -0.383 e. The molecule has 68 valence electrons. The second-order valence-corrected chi connectivity index (χ2v) is 4.35. The highest BCUT2D eigenvalue weighted by molar-refractivity contribution is 7.11. The van der Waals surface area contributed by atoms with Crippen LogP contribution in [0.1, 0.15) is 10.0 Å². The maximum atomic E-state index is 5.94. The van der Waals surface area contributed by atoms with Crippen LogP contribution >= 0.6 is 22.9 Å². The van der Waals surface area contributed by atoms with Gasteiger partial charge >= 0.3 is 0 Å². The number of rotatable bonds is 4. The van der Waals surface area contributed by atoms with E-state index in [-0.39, 0.29) is 5.38 Å². The van der Waals surface area contributed by atoms with Gasteiger partial charge in [0, 0.05) is 13.5 Å². The van der Waals surface area contributed by atoms with Crippen LogP contribution in [-0.2, 0) is 11.2 Å². The van der Waals surface area contributed by atoms with Gasteiger partial charge in [0.05, 0.1) is 12.0 Å². The van der Waals surface area contributed by atoms with Gasteiger partial charge < -0.3 is 4.74 Å². The van der Waals surface area contributed by atoms with Crippen LogP contribution in [0, 0.1) is 6.92 Å². The summed E-state index contributed by atoms with van der Waals surface area (Å²) in [5, 5.41) is 9.82. The highest BCUT2D eigenvalue weighted by atomic mass is 35.5. The lowest BCUT2D eigenvalue weighted by Gasteiger charge is -2.03. The van der Waals surface area contributed by atoms with Crippen LogP contribution in [0.4, 0.5) is 0 Å². The van der Waals surface area contributed by atoms with Crippen molar-refractivity contribution in [3.8, 4) is 0 Å². The zero-order valence-corrected chi connectivity index (χ0v) is 8.65. The topological polar surface area (TPSA) is 35.0 Å². The summed E-state index contributed by atoms with van der Waals surface area (Å²) in [6.45, 7) is 2.49. The number of aromatic nitrogens is 2. The molecule has 0 amide bonds. The molecule has 0 aliphatic carbocycles. The second-order valence-electron chi connectivity index (χ2n) is 2.47. The van der Waals surface area contributed by atoms with Gasteiger partial charge in [-0.1, -0.05) is 0 Å². The maximum absolute atomic E-state index is 5.94. The number of ether oxygens (including phenoxy) is 1. The summed E-state index contributed by atoms with van der Waals surface area (Å²) in [5.41, 5.74) is 0. The molecule has 0 N–H and O–H groups in total. The molecule has 0 spiro atoms. The van der Waals surface area contributed by atoms with Gasteiger partial charge in [0.2, 0.25) is 0 Å². The first-order valence-electron chi connectivity index (χ1n) is 3.64. The van der Waals surface area contributed by atoms with E-state index in [0.29, 0.717) is 6.61 Å². The number of hydrogen-bond donors (Lipinski definition) is 0. The van der Waals surface area contributed by atoms with Crippen molar-refractivity contribution < 1.29 is 4.74 Å². The zero-order chi connectivity index (χ0) is 8.97. The Morgan fingerprint density at radius 3 is 2.83 bits per heavy atom. The van der Waals surface area contributed by atoms with Crippen molar-refractivity contribution in [3.05, 3.63) is 10.0 Å². The van der Waals surface area contributed by atoms with Crippen LogP contribution in [0.5, 0.6) is 0 Å². The predicted octanol–water partition coefficient (Wildman–Crippen LogP) is 1.64. The van der Waals surface area contributed by atoms with Gasteiger partial charge in [-0.25, -0.2) is 0 Å². The summed E-state index contributed by atoms with van der Waals surface area (Å²) in [7, 11) is 1.64. The minimum absolute atomic E-state index is 0.00218. The largest absolute Gasteiger partial charge is 0.383 e. The van der Waals surface area contributed by atoms with Crippen LogP contribution in [0.15, 0.2) is 0 Å². The van der Waals surface area contributed by atoms with Crippen molar-refractivity contribution in [1.29, 1.82) is 0 Å². The summed E-state index contributed by atoms with van der Waals surface area (Å²) in [6, 6.07) is 0. The summed E-state index contributed by atoms with van der Waals surface area (Å²) in [5.74, 6) is 0. The van der Waals surface area contributed by atoms with E-state index in [1.165, 1.54) is 0 Å². The highest BCUT2D eigenvalue weighted by Gasteiger charge is 2.08. The Morgan fingerprint density at radius 1 is 1.58 bits per heavy atom. The fourth-order valence-corrected chi connectivity index (χ4v) is 2.00. The summed E-state index contributed by atoms with van der Waals surface area (Å²) < 4.78 is 4.91. The van der Waals surface area contributed by atoms with Crippen molar-refractivity contribution in [3.63, 3.8) is 0 Å². The molecule has 5 heteroatoms. The minimum atomic E-state index is 0.00218. The lowest BCUT2D eigenvalue weighted by molar-refractivity contribution is 0.197. The molecule has 3 nitrogen and oxygen atoms in total. The molecule has 1 heterocycles. The normalized spacial score (nSPS) is 13.2. The van der Waals surface area contributed by atoms with E-state index in [4.69, 9.17) is 16.3 Å². The van der Waals surface area contributed by atoms with Crippen molar-refractivity contribution in [2.75, 3.05) is 13.7 Å². The van der Waals surface area contributed by atoms with E-state index in [0.717, 1.165) is 16.4 Å². The van der Waals surface area contributed by atoms with E-state index in [1.54, 1.807) is 18.4 Å². The van der Waals surface area contributed by atoms with Crippen molar-refractivity contribution in [2.45, 2.75) is 18.7 Å². The third-order valence-corrected chi connectivity index (χ3v) is 2.45. The third-order valence-electron chi connectivity index (χ3n) is 1.31. The SMILES string of the molecule is COCC(Cl)Cc1nnc(C)s1. The molecule has 1 atom stereocenters. The molecule has 1 unspecified atom stereocenters. The van der Waals surface area contributed by atoms with Gasteiger partial charge in [0.1, 0.15) is 10.0 Å². The van der Waals surface area contributed by atoms with Gasteiger partial charge in [0.15, 0.2) is 0 Å². The van der Waals surface area contributed by atoms with E-state index >= 15 is 0 Å². The first kappa shape index (κ1) is 9.89. The van der Waals surface area contributed by atoms with Crippen LogP contribution in [0.3, 0.4) is 0 Å². The van der Waals surface area contributed by atoms with E-state index in [1.807, 2.05) is 6.92 Å². The van der Waals surface area contributed by atoms with Gasteiger partial charge in [-0.15, -0.1) is 33.1 Å². The van der Waals surface area contributed by atoms with E-state index < -0.39 is 0 Å². The zero-order valence-electron chi connectivity index (χ0n) is 7.08. The fraction of sp³-hybridized carbons (Fsp3) is 0.714. The smallest absolute Gasteiger partial charge is 0.119 e. The van der Waals surface area contributed by atoms with Crippen LogP contribution in [0.25, 0.3) is 0 Å². The fourth-order valence-electron chi connectivity index (χ4n) is 0.849. The number of nitrogens with zero attached hydrogens (tertiary/aromatic N) is 2. The molecule has 0 fully saturated rings. The van der Waals surface area contributed by atoms with Crippen molar-refractivity contribution in [1.82, 2.24) is 10.2 Å². The Morgan fingerprint density at radius 2 is 2.33 bits per heavy atom. The standard InChI is InChI=1S/C7H11ClN2OS/c1-5-9-10-7(12-5)3-6(8)4-11-2/h6H,3-4H2,1-2H3. The van der Waals surface area contributed by atoms with Gasteiger partial charge in [0.25, 0.3) is 0 Å². The Labute approximate surface area is 80.7 Å². The van der Waals surface area contributed by atoms with Crippen molar-refractivity contribution in [2.24, 2.45) is 0 Å². The number of alkyl halides is 1. The number of hydrogen-bond acceptors (Lipinski definition) is 4. The molecule has 0 aliphatic rings. The molecule has 0 bridgehead atoms. The van der Waals surface area contributed by atoms with Crippen molar-refractivity contribution >= 4 is 22.9 Å². The molecular formula is C7H11ClN2OS. The molecule has 12 heavy (non-hydrogen) atoms. The number of aryl methyl sites for hydroxylation is 1. The molecule has 0 aromatic carbocycles. The van der Waals surface area contributed by atoms with Gasteiger partial charge in [-0.2, -0.15) is 0 Å². The van der Waals surface area contributed by atoms with Gasteiger partial charge in [-0.3, -0.25) is 0 Å². The Hall–Kier alpha value is -0.190. The summed E-state index contributed by atoms with van der Waals surface area (Å²) in [4.78, 5) is 0. The lowest BCUT2D eigenvalue weighted by atomic mass is 10.3. The summed E-state index contributed by atoms with van der Waals surface area (Å²) >= 11 is 7.52. The predicted molar refractivity (Wildman–Crippen MR) is 49.9 cm³/mol.